The molecule has 2 unspecified atom stereocenters. The number of hydrogen-bond donors (Lipinski definition) is 1. The van der Waals surface area contributed by atoms with Gasteiger partial charge in [0.05, 0.1) is 17.2 Å². The number of halogens is 2. The van der Waals surface area contributed by atoms with Crippen molar-refractivity contribution in [2.45, 2.75) is 31.9 Å². The Bertz CT molecular complexity index is 397. The molecule has 2 nitrogen and oxygen atoms in total. The van der Waals surface area contributed by atoms with E-state index in [0.29, 0.717) is 5.56 Å². The second kappa shape index (κ2) is 5.34. The van der Waals surface area contributed by atoms with Crippen LogP contribution in [0.15, 0.2) is 18.2 Å². The van der Waals surface area contributed by atoms with Crippen LogP contribution in [0.5, 0.6) is 0 Å². The standard InChI is InChI=1S/C13H17ClFNO/c1-2-7-16-8-6-11(17)13(16)9-4-3-5-10(15)12(9)14/h3-5,11,13,17H,2,6-8H2,1H3. The molecule has 1 N–H and O–H groups in total. The Hall–Kier alpha value is -0.640. The maximum atomic E-state index is 13.4. The second-order valence-electron chi connectivity index (χ2n) is 4.48. The van der Waals surface area contributed by atoms with Gasteiger partial charge in [0.1, 0.15) is 5.82 Å². The highest BCUT2D eigenvalue weighted by Crippen LogP contribution is 2.36. The van der Waals surface area contributed by atoms with Crippen LogP contribution in [0.2, 0.25) is 5.02 Å². The van der Waals surface area contributed by atoms with Gasteiger partial charge >= 0.3 is 0 Å². The summed E-state index contributed by atoms with van der Waals surface area (Å²) in [6, 6.07) is 4.62. The average molecular weight is 258 g/mol. The van der Waals surface area contributed by atoms with Gasteiger partial charge in [0.2, 0.25) is 0 Å². The first-order valence-electron chi connectivity index (χ1n) is 6.01. The molecular weight excluding hydrogens is 241 g/mol. The molecular formula is C13H17ClFNO. The molecule has 1 aliphatic heterocycles. The minimum Gasteiger partial charge on any atom is -0.391 e. The van der Waals surface area contributed by atoms with Crippen LogP contribution in [0.25, 0.3) is 0 Å². The van der Waals surface area contributed by atoms with E-state index in [-0.39, 0.29) is 11.1 Å². The van der Waals surface area contributed by atoms with Crippen molar-refractivity contribution < 1.29 is 9.50 Å². The summed E-state index contributed by atoms with van der Waals surface area (Å²) in [7, 11) is 0. The monoisotopic (exact) mass is 257 g/mol. The van der Waals surface area contributed by atoms with Crippen molar-refractivity contribution in [2.75, 3.05) is 13.1 Å². The third kappa shape index (κ3) is 2.46. The molecule has 0 bridgehead atoms. The summed E-state index contributed by atoms with van der Waals surface area (Å²) in [6.07, 6.45) is 1.27. The van der Waals surface area contributed by atoms with Crippen LogP contribution in [0.4, 0.5) is 4.39 Å². The van der Waals surface area contributed by atoms with Crippen molar-refractivity contribution >= 4 is 11.6 Å². The summed E-state index contributed by atoms with van der Waals surface area (Å²) in [5.74, 6) is -0.417. The van der Waals surface area contributed by atoms with Crippen LogP contribution >= 0.6 is 11.6 Å². The van der Waals surface area contributed by atoms with E-state index in [4.69, 9.17) is 11.6 Å². The normalized spacial score (nSPS) is 25.4. The largest absolute Gasteiger partial charge is 0.391 e. The van der Waals surface area contributed by atoms with E-state index in [2.05, 4.69) is 11.8 Å². The maximum absolute atomic E-state index is 13.4. The van der Waals surface area contributed by atoms with Crippen molar-refractivity contribution in [2.24, 2.45) is 0 Å². The molecule has 4 heteroatoms. The van der Waals surface area contributed by atoms with E-state index < -0.39 is 11.9 Å². The molecule has 0 spiro atoms. The van der Waals surface area contributed by atoms with Gasteiger partial charge in [-0.3, -0.25) is 4.90 Å². The van der Waals surface area contributed by atoms with Gasteiger partial charge in [-0.25, -0.2) is 4.39 Å². The molecule has 1 aromatic carbocycles. The predicted molar refractivity (Wildman–Crippen MR) is 66.6 cm³/mol. The van der Waals surface area contributed by atoms with Crippen LogP contribution in [0.3, 0.4) is 0 Å². The first-order valence-corrected chi connectivity index (χ1v) is 6.39. The minimum atomic E-state index is -0.458. The summed E-state index contributed by atoms with van der Waals surface area (Å²) in [6.45, 7) is 3.83. The predicted octanol–water partition coefficient (Wildman–Crippen LogP) is 3.00. The van der Waals surface area contributed by atoms with Crippen molar-refractivity contribution in [1.82, 2.24) is 4.90 Å². The number of benzene rings is 1. The fraction of sp³-hybridized carbons (Fsp3) is 0.538. The van der Waals surface area contributed by atoms with E-state index in [9.17, 15) is 9.50 Å². The fourth-order valence-corrected chi connectivity index (χ4v) is 2.77. The highest BCUT2D eigenvalue weighted by molar-refractivity contribution is 6.31. The molecule has 2 rings (SSSR count). The zero-order chi connectivity index (χ0) is 12.4. The van der Waals surface area contributed by atoms with Crippen LogP contribution in [0, 0.1) is 5.82 Å². The summed E-state index contributed by atoms with van der Waals surface area (Å²) >= 11 is 5.99. The third-order valence-electron chi connectivity index (χ3n) is 3.28. The smallest absolute Gasteiger partial charge is 0.142 e. The van der Waals surface area contributed by atoms with E-state index >= 15 is 0 Å². The molecule has 0 saturated carbocycles. The minimum absolute atomic E-state index is 0.138. The number of hydrogen-bond acceptors (Lipinski definition) is 2. The van der Waals surface area contributed by atoms with E-state index in [1.807, 2.05) is 0 Å². The Morgan fingerprint density at radius 2 is 2.29 bits per heavy atom. The van der Waals surface area contributed by atoms with Gasteiger partial charge < -0.3 is 5.11 Å². The first-order chi connectivity index (χ1) is 8.15. The molecule has 1 saturated heterocycles. The van der Waals surface area contributed by atoms with Crippen molar-refractivity contribution in [3.8, 4) is 0 Å². The first kappa shape index (κ1) is 12.8. The lowest BCUT2D eigenvalue weighted by atomic mass is 10.0. The molecule has 94 valence electrons. The van der Waals surface area contributed by atoms with E-state index in [1.54, 1.807) is 12.1 Å². The molecule has 1 aromatic rings. The summed E-state index contributed by atoms with van der Waals surface area (Å²) in [5.41, 5.74) is 0.699. The highest BCUT2D eigenvalue weighted by atomic mass is 35.5. The van der Waals surface area contributed by atoms with Crippen LogP contribution in [-0.4, -0.2) is 29.2 Å². The molecule has 0 aliphatic carbocycles. The molecule has 0 amide bonds. The lowest BCUT2D eigenvalue weighted by Crippen LogP contribution is -2.28. The molecule has 2 atom stereocenters. The SMILES string of the molecule is CCCN1CCC(O)C1c1cccc(F)c1Cl. The van der Waals surface area contributed by atoms with Crippen molar-refractivity contribution in [3.05, 3.63) is 34.6 Å². The zero-order valence-electron chi connectivity index (χ0n) is 9.87. The number of nitrogens with zero attached hydrogens (tertiary/aromatic N) is 1. The molecule has 1 heterocycles. The van der Waals surface area contributed by atoms with Gasteiger partial charge in [-0.2, -0.15) is 0 Å². The van der Waals surface area contributed by atoms with Gasteiger partial charge in [0.25, 0.3) is 0 Å². The topological polar surface area (TPSA) is 23.5 Å². The molecule has 0 radical (unpaired) electrons. The van der Waals surface area contributed by atoms with E-state index in [0.717, 1.165) is 25.9 Å². The number of rotatable bonds is 3. The van der Waals surface area contributed by atoms with Gasteiger partial charge in [-0.15, -0.1) is 0 Å². The molecule has 0 aromatic heterocycles. The maximum Gasteiger partial charge on any atom is 0.142 e. The van der Waals surface area contributed by atoms with Crippen LogP contribution in [0.1, 0.15) is 31.4 Å². The highest BCUT2D eigenvalue weighted by Gasteiger charge is 2.35. The number of aliphatic hydroxyl groups excluding tert-OH is 1. The van der Waals surface area contributed by atoms with Gasteiger partial charge in [-0.1, -0.05) is 30.7 Å². The molecule has 1 fully saturated rings. The van der Waals surface area contributed by atoms with Gasteiger partial charge in [0, 0.05) is 6.54 Å². The Morgan fingerprint density at radius 1 is 1.53 bits per heavy atom. The summed E-state index contributed by atoms with van der Waals surface area (Å²) in [5, 5.41) is 10.2. The molecule has 17 heavy (non-hydrogen) atoms. The van der Waals surface area contributed by atoms with E-state index in [1.165, 1.54) is 6.07 Å². The number of aliphatic hydroxyl groups is 1. The fourth-order valence-electron chi connectivity index (χ4n) is 2.53. The Morgan fingerprint density at radius 3 is 3.00 bits per heavy atom. The number of likely N-dealkylation sites (tertiary alicyclic amines) is 1. The second-order valence-corrected chi connectivity index (χ2v) is 4.86. The third-order valence-corrected chi connectivity index (χ3v) is 3.68. The summed E-state index contributed by atoms with van der Waals surface area (Å²) < 4.78 is 13.4. The van der Waals surface area contributed by atoms with Crippen LogP contribution in [-0.2, 0) is 0 Å². The zero-order valence-corrected chi connectivity index (χ0v) is 10.6. The van der Waals surface area contributed by atoms with Crippen molar-refractivity contribution in [3.63, 3.8) is 0 Å². The molecule has 1 aliphatic rings. The Labute approximate surface area is 106 Å². The average Bonchev–Trinajstić information content (AvgIpc) is 2.65. The quantitative estimate of drug-likeness (QED) is 0.900. The Balaban J connectivity index is 2.33. The van der Waals surface area contributed by atoms with Crippen LogP contribution < -0.4 is 0 Å². The van der Waals surface area contributed by atoms with Crippen molar-refractivity contribution in [1.29, 1.82) is 0 Å². The summed E-state index contributed by atoms with van der Waals surface area (Å²) in [4.78, 5) is 2.17. The van der Waals surface area contributed by atoms with Gasteiger partial charge in [0.15, 0.2) is 0 Å². The lowest BCUT2D eigenvalue weighted by Gasteiger charge is -2.26. The Kier molecular flexibility index (Phi) is 4.02. The lowest BCUT2D eigenvalue weighted by molar-refractivity contribution is 0.116. The van der Waals surface area contributed by atoms with Gasteiger partial charge in [-0.05, 0) is 31.0 Å².